The summed E-state index contributed by atoms with van der Waals surface area (Å²) in [6.45, 7) is 1.66. The monoisotopic (exact) mass is 254 g/mol. The third kappa shape index (κ3) is 3.22. The Morgan fingerprint density at radius 1 is 1.44 bits per heavy atom. The first kappa shape index (κ1) is 13.3. The number of likely N-dealkylation sites (tertiary alicyclic amines) is 1. The molecule has 5 heteroatoms. The summed E-state index contributed by atoms with van der Waals surface area (Å²) in [7, 11) is 1.62. The molecule has 0 spiro atoms. The Hall–Kier alpha value is -1.10. The minimum Gasteiger partial charge on any atom is -0.383 e. The molecule has 0 aromatic rings. The largest absolute Gasteiger partial charge is 0.383 e. The van der Waals surface area contributed by atoms with Gasteiger partial charge in [0.2, 0.25) is 11.8 Å². The van der Waals surface area contributed by atoms with Gasteiger partial charge in [0.25, 0.3) is 0 Å². The van der Waals surface area contributed by atoms with E-state index in [0.29, 0.717) is 38.6 Å². The molecule has 5 nitrogen and oxygen atoms in total. The third-order valence-corrected chi connectivity index (χ3v) is 3.89. The van der Waals surface area contributed by atoms with Gasteiger partial charge in [-0.3, -0.25) is 9.59 Å². The molecule has 2 fully saturated rings. The summed E-state index contributed by atoms with van der Waals surface area (Å²) in [4.78, 5) is 25.5. The van der Waals surface area contributed by atoms with Gasteiger partial charge in [0.15, 0.2) is 0 Å². The first-order chi connectivity index (χ1) is 8.70. The third-order valence-electron chi connectivity index (χ3n) is 3.89. The van der Waals surface area contributed by atoms with E-state index in [9.17, 15) is 9.59 Å². The van der Waals surface area contributed by atoms with Crippen molar-refractivity contribution in [2.24, 2.45) is 5.92 Å². The topological polar surface area (TPSA) is 58.6 Å². The van der Waals surface area contributed by atoms with Crippen LogP contribution in [0.4, 0.5) is 0 Å². The maximum absolute atomic E-state index is 12.0. The number of rotatable bonds is 5. The zero-order valence-corrected chi connectivity index (χ0v) is 11.0. The zero-order valence-electron chi connectivity index (χ0n) is 11.0. The van der Waals surface area contributed by atoms with E-state index in [0.717, 1.165) is 12.8 Å². The number of nitrogens with zero attached hydrogens (tertiary/aromatic N) is 1. The Kier molecular flexibility index (Phi) is 4.58. The first-order valence-electron chi connectivity index (χ1n) is 6.78. The lowest BCUT2D eigenvalue weighted by Gasteiger charge is -2.34. The number of hydrogen-bond donors (Lipinski definition) is 1. The molecule has 1 heterocycles. The predicted octanol–water partition coefficient (Wildman–Crippen LogP) is 0.540. The van der Waals surface area contributed by atoms with Gasteiger partial charge in [-0.05, 0) is 25.7 Å². The van der Waals surface area contributed by atoms with Crippen LogP contribution in [-0.4, -0.2) is 49.6 Å². The Bertz CT molecular complexity index is 315. The molecule has 0 aromatic carbocycles. The quantitative estimate of drug-likeness (QED) is 0.779. The van der Waals surface area contributed by atoms with Crippen LogP contribution >= 0.6 is 0 Å². The van der Waals surface area contributed by atoms with E-state index < -0.39 is 0 Å². The van der Waals surface area contributed by atoms with E-state index >= 15 is 0 Å². The average Bonchev–Trinajstić information content (AvgIpc) is 2.32. The normalized spacial score (nSPS) is 24.8. The van der Waals surface area contributed by atoms with E-state index in [1.54, 1.807) is 12.0 Å². The van der Waals surface area contributed by atoms with Crippen molar-refractivity contribution in [1.82, 2.24) is 10.2 Å². The van der Waals surface area contributed by atoms with Crippen LogP contribution in [0.25, 0.3) is 0 Å². The van der Waals surface area contributed by atoms with Crippen LogP contribution in [-0.2, 0) is 14.3 Å². The highest BCUT2D eigenvalue weighted by Gasteiger charge is 2.31. The van der Waals surface area contributed by atoms with Crippen molar-refractivity contribution in [3.63, 3.8) is 0 Å². The molecule has 1 saturated heterocycles. The smallest absolute Gasteiger partial charge is 0.225 e. The van der Waals surface area contributed by atoms with Crippen molar-refractivity contribution in [2.75, 3.05) is 26.8 Å². The molecule has 0 aromatic heterocycles. The Labute approximate surface area is 108 Å². The molecule has 2 amide bonds. The van der Waals surface area contributed by atoms with Crippen LogP contribution in [0.5, 0.6) is 0 Å². The fraction of sp³-hybridized carbons (Fsp3) is 0.846. The molecule has 1 saturated carbocycles. The van der Waals surface area contributed by atoms with Crippen LogP contribution < -0.4 is 5.32 Å². The molecular weight excluding hydrogens is 232 g/mol. The van der Waals surface area contributed by atoms with Gasteiger partial charge in [-0.25, -0.2) is 0 Å². The highest BCUT2D eigenvalue weighted by atomic mass is 16.5. The number of nitrogens with one attached hydrogen (secondary N) is 1. The second-order valence-electron chi connectivity index (χ2n) is 5.20. The van der Waals surface area contributed by atoms with Crippen LogP contribution in [0.1, 0.15) is 32.1 Å². The number of amides is 2. The van der Waals surface area contributed by atoms with E-state index in [1.807, 2.05) is 0 Å². The minimum atomic E-state index is -0.0415. The van der Waals surface area contributed by atoms with Crippen molar-refractivity contribution in [2.45, 2.75) is 38.1 Å². The lowest BCUT2D eigenvalue weighted by atomic mass is 9.91. The number of methoxy groups -OCH3 is 1. The summed E-state index contributed by atoms with van der Waals surface area (Å²) < 4.78 is 4.99. The number of carbonyl (C=O) groups excluding carboxylic acids is 2. The molecule has 1 atom stereocenters. The van der Waals surface area contributed by atoms with Crippen molar-refractivity contribution in [3.05, 3.63) is 0 Å². The summed E-state index contributed by atoms with van der Waals surface area (Å²) in [5.74, 6) is 0.217. The number of ether oxygens (including phenoxy) is 1. The van der Waals surface area contributed by atoms with E-state index in [1.165, 1.54) is 6.42 Å². The fourth-order valence-electron chi connectivity index (χ4n) is 2.42. The molecule has 0 bridgehead atoms. The average molecular weight is 254 g/mol. The second kappa shape index (κ2) is 6.18. The number of piperidine rings is 1. The van der Waals surface area contributed by atoms with Crippen molar-refractivity contribution < 1.29 is 14.3 Å². The Balaban J connectivity index is 1.81. The van der Waals surface area contributed by atoms with Gasteiger partial charge in [-0.15, -0.1) is 0 Å². The van der Waals surface area contributed by atoms with Crippen molar-refractivity contribution >= 4 is 11.8 Å². The summed E-state index contributed by atoms with van der Waals surface area (Å²) in [5, 5.41) is 3.07. The molecular formula is C13H22N2O3. The SMILES string of the molecule is COCCN1C[C@@H](C(=O)NC2CCC2)CCC1=O. The Morgan fingerprint density at radius 3 is 2.83 bits per heavy atom. The van der Waals surface area contributed by atoms with Gasteiger partial charge in [0.1, 0.15) is 0 Å². The molecule has 1 aliphatic carbocycles. The molecule has 0 radical (unpaired) electrons. The lowest BCUT2D eigenvalue weighted by molar-refractivity contribution is -0.139. The van der Waals surface area contributed by atoms with Gasteiger partial charge < -0.3 is 15.0 Å². The summed E-state index contributed by atoms with van der Waals surface area (Å²) >= 11 is 0. The number of hydrogen-bond acceptors (Lipinski definition) is 3. The zero-order chi connectivity index (χ0) is 13.0. The van der Waals surface area contributed by atoms with Gasteiger partial charge in [-0.1, -0.05) is 0 Å². The molecule has 0 unspecified atom stereocenters. The first-order valence-corrected chi connectivity index (χ1v) is 6.78. The fourth-order valence-corrected chi connectivity index (χ4v) is 2.42. The molecule has 2 aliphatic rings. The second-order valence-corrected chi connectivity index (χ2v) is 5.20. The van der Waals surface area contributed by atoms with Gasteiger partial charge in [0, 0.05) is 32.7 Å². The van der Waals surface area contributed by atoms with Gasteiger partial charge >= 0.3 is 0 Å². The van der Waals surface area contributed by atoms with Crippen LogP contribution in [0.2, 0.25) is 0 Å². The van der Waals surface area contributed by atoms with Gasteiger partial charge in [-0.2, -0.15) is 0 Å². The molecule has 1 N–H and O–H groups in total. The highest BCUT2D eigenvalue weighted by Crippen LogP contribution is 2.21. The Morgan fingerprint density at radius 2 is 2.22 bits per heavy atom. The maximum atomic E-state index is 12.0. The molecule has 102 valence electrons. The molecule has 1 aliphatic heterocycles. The van der Waals surface area contributed by atoms with Crippen LogP contribution in [0.3, 0.4) is 0 Å². The summed E-state index contributed by atoms with van der Waals surface area (Å²) in [6.07, 6.45) is 4.58. The van der Waals surface area contributed by atoms with Crippen molar-refractivity contribution in [3.8, 4) is 0 Å². The molecule has 18 heavy (non-hydrogen) atoms. The maximum Gasteiger partial charge on any atom is 0.225 e. The highest BCUT2D eigenvalue weighted by molar-refractivity contribution is 5.84. The van der Waals surface area contributed by atoms with E-state index in [4.69, 9.17) is 4.74 Å². The van der Waals surface area contributed by atoms with E-state index in [-0.39, 0.29) is 17.7 Å². The lowest BCUT2D eigenvalue weighted by Crippen LogP contribution is -2.49. The summed E-state index contributed by atoms with van der Waals surface area (Å²) in [6, 6.07) is 0.377. The standard InChI is InChI=1S/C13H22N2O3/c1-18-8-7-15-9-10(5-6-12(15)16)13(17)14-11-3-2-4-11/h10-11H,2-9H2,1H3,(H,14,17)/t10-/m0/s1. The van der Waals surface area contributed by atoms with Crippen LogP contribution in [0, 0.1) is 5.92 Å². The molecule has 2 rings (SSSR count). The minimum absolute atomic E-state index is 0.0415. The number of carbonyl (C=O) groups is 2. The van der Waals surface area contributed by atoms with Gasteiger partial charge in [0.05, 0.1) is 12.5 Å². The van der Waals surface area contributed by atoms with Crippen LogP contribution in [0.15, 0.2) is 0 Å². The predicted molar refractivity (Wildman–Crippen MR) is 67.0 cm³/mol. The van der Waals surface area contributed by atoms with E-state index in [2.05, 4.69) is 5.32 Å². The summed E-state index contributed by atoms with van der Waals surface area (Å²) in [5.41, 5.74) is 0. The van der Waals surface area contributed by atoms with Crippen molar-refractivity contribution in [1.29, 1.82) is 0 Å².